The second-order valence-corrected chi connectivity index (χ2v) is 8.56. The maximum atomic E-state index is 13.6. The molecule has 36 heavy (non-hydrogen) atoms. The van der Waals surface area contributed by atoms with Crippen LogP contribution in [0.5, 0.6) is 0 Å². The first kappa shape index (κ1) is 23.4. The minimum atomic E-state index is -0.466. The summed E-state index contributed by atoms with van der Waals surface area (Å²) in [6, 6.07) is 23.3. The first-order valence-electron chi connectivity index (χ1n) is 12.2. The van der Waals surface area contributed by atoms with E-state index in [4.69, 9.17) is 9.84 Å². The minimum Gasteiger partial charge on any atom is -0.465 e. The lowest BCUT2D eigenvalue weighted by Gasteiger charge is -2.31. The molecule has 0 spiro atoms. The third-order valence-electron chi connectivity index (χ3n) is 6.37. The molecule has 1 N–H and O–H groups in total. The number of rotatable bonds is 6. The summed E-state index contributed by atoms with van der Waals surface area (Å²) >= 11 is 0. The number of ether oxygens (including phenoxy) is 1. The van der Waals surface area contributed by atoms with Crippen LogP contribution in [-0.2, 0) is 22.5 Å². The molecule has 1 atom stereocenters. The smallest absolute Gasteiger partial charge is 0.325 e. The van der Waals surface area contributed by atoms with Crippen molar-refractivity contribution in [1.29, 1.82) is 0 Å². The molecule has 1 aliphatic rings. The van der Waals surface area contributed by atoms with E-state index in [-0.39, 0.29) is 25.2 Å². The number of hydrogen-bond acceptors (Lipinski definition) is 4. The molecular formula is C28H29N5O3. The fourth-order valence-corrected chi connectivity index (χ4v) is 4.80. The van der Waals surface area contributed by atoms with Crippen LogP contribution < -0.4 is 5.32 Å². The Kier molecular flexibility index (Phi) is 6.58. The summed E-state index contributed by atoms with van der Waals surface area (Å²) in [5.41, 5.74) is 4.76. The number of aromatic nitrogens is 3. The van der Waals surface area contributed by atoms with E-state index in [0.717, 1.165) is 34.0 Å². The molecule has 0 saturated heterocycles. The molecule has 8 nitrogen and oxygen atoms in total. The number of carbonyl (C=O) groups excluding carboxylic acids is 2. The van der Waals surface area contributed by atoms with E-state index >= 15 is 0 Å². The minimum absolute atomic E-state index is 0.192. The number of nitrogens with one attached hydrogen (secondary N) is 1. The third kappa shape index (κ3) is 4.26. The Labute approximate surface area is 210 Å². The van der Waals surface area contributed by atoms with Crippen molar-refractivity contribution in [2.24, 2.45) is 0 Å². The monoisotopic (exact) mass is 483 g/mol. The Morgan fingerprint density at radius 2 is 1.72 bits per heavy atom. The molecule has 8 heteroatoms. The van der Waals surface area contributed by atoms with Crippen LogP contribution in [0.4, 0.5) is 4.79 Å². The predicted octanol–water partition coefficient (Wildman–Crippen LogP) is 4.40. The number of amides is 2. The maximum Gasteiger partial charge on any atom is 0.325 e. The van der Waals surface area contributed by atoms with Crippen molar-refractivity contribution in [1.82, 2.24) is 24.6 Å². The van der Waals surface area contributed by atoms with E-state index in [1.54, 1.807) is 11.8 Å². The molecule has 0 unspecified atom stereocenters. The SMILES string of the molecule is CCOC(=O)CNC(=O)N1Cc2c(CC)nn(-c3ccccc3)c2-n2cccc2[C@H]1c1ccccc1. The van der Waals surface area contributed by atoms with Gasteiger partial charge in [-0.15, -0.1) is 0 Å². The predicted molar refractivity (Wildman–Crippen MR) is 136 cm³/mol. The lowest BCUT2D eigenvalue weighted by atomic mass is 10.0. The second kappa shape index (κ2) is 10.1. The lowest BCUT2D eigenvalue weighted by molar-refractivity contribution is -0.141. The fourth-order valence-electron chi connectivity index (χ4n) is 4.80. The molecule has 2 aromatic carbocycles. The van der Waals surface area contributed by atoms with Crippen molar-refractivity contribution in [3.63, 3.8) is 0 Å². The molecule has 5 rings (SSSR count). The zero-order valence-electron chi connectivity index (χ0n) is 20.4. The molecular weight excluding hydrogens is 454 g/mol. The van der Waals surface area contributed by atoms with Crippen molar-refractivity contribution in [3.8, 4) is 11.5 Å². The fraction of sp³-hybridized carbons (Fsp3) is 0.250. The van der Waals surface area contributed by atoms with E-state index in [1.165, 1.54) is 0 Å². The van der Waals surface area contributed by atoms with Crippen LogP contribution in [0.2, 0.25) is 0 Å². The molecule has 0 aliphatic carbocycles. The van der Waals surface area contributed by atoms with Crippen LogP contribution in [0.15, 0.2) is 79.0 Å². The first-order chi connectivity index (χ1) is 17.6. The first-order valence-corrected chi connectivity index (χ1v) is 12.2. The molecule has 3 heterocycles. The van der Waals surface area contributed by atoms with Gasteiger partial charge in [0, 0.05) is 11.8 Å². The largest absolute Gasteiger partial charge is 0.465 e. The summed E-state index contributed by atoms with van der Waals surface area (Å²) in [5.74, 6) is 0.451. The average Bonchev–Trinajstić information content (AvgIpc) is 3.49. The summed E-state index contributed by atoms with van der Waals surface area (Å²) < 4.78 is 9.10. The van der Waals surface area contributed by atoms with Crippen LogP contribution >= 0.6 is 0 Å². The zero-order valence-corrected chi connectivity index (χ0v) is 20.4. The molecule has 2 amide bonds. The van der Waals surface area contributed by atoms with Gasteiger partial charge in [0.15, 0.2) is 0 Å². The molecule has 0 bridgehead atoms. The normalized spacial score (nSPS) is 14.5. The Morgan fingerprint density at radius 3 is 2.42 bits per heavy atom. The highest BCUT2D eigenvalue weighted by Gasteiger charge is 2.36. The summed E-state index contributed by atoms with van der Waals surface area (Å²) in [7, 11) is 0. The number of carbonyl (C=O) groups is 2. The molecule has 4 aromatic rings. The number of hydrogen-bond donors (Lipinski definition) is 1. The van der Waals surface area contributed by atoms with Gasteiger partial charge in [-0.25, -0.2) is 9.48 Å². The van der Waals surface area contributed by atoms with Gasteiger partial charge in [-0.1, -0.05) is 55.5 Å². The summed E-state index contributed by atoms with van der Waals surface area (Å²) in [4.78, 5) is 27.4. The molecule has 2 aromatic heterocycles. The van der Waals surface area contributed by atoms with E-state index < -0.39 is 5.97 Å². The number of aryl methyl sites for hydroxylation is 1. The highest BCUT2D eigenvalue weighted by molar-refractivity contribution is 5.81. The number of esters is 1. The van der Waals surface area contributed by atoms with Crippen LogP contribution in [-0.4, -0.2) is 44.4 Å². The molecule has 1 aliphatic heterocycles. The molecule has 0 radical (unpaired) electrons. The van der Waals surface area contributed by atoms with Crippen LogP contribution in [0, 0.1) is 0 Å². The number of fused-ring (bicyclic) bond motifs is 3. The van der Waals surface area contributed by atoms with Gasteiger partial charge in [0.05, 0.1) is 36.3 Å². The van der Waals surface area contributed by atoms with Gasteiger partial charge in [0.1, 0.15) is 12.4 Å². The van der Waals surface area contributed by atoms with E-state index in [1.807, 2.05) is 83.7 Å². The topological polar surface area (TPSA) is 81.4 Å². The van der Waals surface area contributed by atoms with Crippen LogP contribution in [0.1, 0.15) is 42.4 Å². The van der Waals surface area contributed by atoms with Gasteiger partial charge in [-0.05, 0) is 43.2 Å². The molecule has 0 fully saturated rings. The average molecular weight is 484 g/mol. The van der Waals surface area contributed by atoms with E-state index in [2.05, 4.69) is 16.8 Å². The third-order valence-corrected chi connectivity index (χ3v) is 6.37. The van der Waals surface area contributed by atoms with Gasteiger partial charge >= 0.3 is 12.0 Å². The van der Waals surface area contributed by atoms with E-state index in [9.17, 15) is 9.59 Å². The highest BCUT2D eigenvalue weighted by Crippen LogP contribution is 2.38. The number of para-hydroxylation sites is 1. The Balaban J connectivity index is 1.66. The summed E-state index contributed by atoms with van der Waals surface area (Å²) in [5, 5.41) is 7.72. The van der Waals surface area contributed by atoms with Crippen LogP contribution in [0.3, 0.4) is 0 Å². The molecule has 0 saturated carbocycles. The van der Waals surface area contributed by atoms with E-state index in [0.29, 0.717) is 13.0 Å². The van der Waals surface area contributed by atoms with Gasteiger partial charge in [-0.3, -0.25) is 4.79 Å². The number of urea groups is 1. The van der Waals surface area contributed by atoms with Crippen LogP contribution in [0.25, 0.3) is 11.5 Å². The Morgan fingerprint density at radius 1 is 1.00 bits per heavy atom. The second-order valence-electron chi connectivity index (χ2n) is 8.56. The summed E-state index contributed by atoms with van der Waals surface area (Å²) in [6.07, 6.45) is 2.73. The zero-order chi connectivity index (χ0) is 25.1. The Hall–Kier alpha value is -4.33. The van der Waals surface area contributed by atoms with Crippen molar-refractivity contribution >= 4 is 12.0 Å². The summed E-state index contributed by atoms with van der Waals surface area (Å²) in [6.45, 7) is 4.22. The van der Waals surface area contributed by atoms with Gasteiger partial charge in [-0.2, -0.15) is 5.10 Å². The van der Waals surface area contributed by atoms with Gasteiger partial charge in [0.2, 0.25) is 0 Å². The standard InChI is InChI=1S/C28H29N5O3/c1-3-23-22-19-32(28(35)29-18-25(34)36-4-2)26(20-12-7-5-8-13-20)24-16-11-17-31(24)27(22)33(30-23)21-14-9-6-10-15-21/h5-17,26H,3-4,18-19H2,1-2H3,(H,29,35)/t26-/m1/s1. The van der Waals surface area contributed by atoms with Crippen molar-refractivity contribution in [2.45, 2.75) is 32.9 Å². The van der Waals surface area contributed by atoms with Gasteiger partial charge in [0.25, 0.3) is 0 Å². The van der Waals surface area contributed by atoms with Crippen molar-refractivity contribution < 1.29 is 14.3 Å². The highest BCUT2D eigenvalue weighted by atomic mass is 16.5. The number of nitrogens with zero attached hydrogens (tertiary/aromatic N) is 4. The quantitative estimate of drug-likeness (QED) is 0.412. The van der Waals surface area contributed by atoms with Crippen molar-refractivity contribution in [2.75, 3.05) is 13.2 Å². The maximum absolute atomic E-state index is 13.6. The number of benzene rings is 2. The molecule has 184 valence electrons. The van der Waals surface area contributed by atoms with Gasteiger partial charge < -0.3 is 19.5 Å². The van der Waals surface area contributed by atoms with Crippen molar-refractivity contribution in [3.05, 3.63) is 102 Å². The lowest BCUT2D eigenvalue weighted by Crippen LogP contribution is -2.44. The Bertz CT molecular complexity index is 1360.